The number of methoxy groups -OCH3 is 1. The Bertz CT molecular complexity index is 98.1. The van der Waals surface area contributed by atoms with Gasteiger partial charge >= 0.3 is 0 Å². The van der Waals surface area contributed by atoms with Gasteiger partial charge in [0.1, 0.15) is 0 Å². The van der Waals surface area contributed by atoms with Crippen LogP contribution >= 0.6 is 0 Å². The summed E-state index contributed by atoms with van der Waals surface area (Å²) in [6.45, 7) is 5.58. The maximum absolute atomic E-state index is 9.19. The Morgan fingerprint density at radius 1 is 1.36 bits per heavy atom. The summed E-state index contributed by atoms with van der Waals surface area (Å²) in [5.41, 5.74) is 0. The quantitative estimate of drug-likeness (QED) is 0.601. The Kier molecular flexibility index (Phi) is 5.46. The third kappa shape index (κ3) is 3.18. The first-order valence-electron chi connectivity index (χ1n) is 4.13. The predicted molar refractivity (Wildman–Crippen MR) is 45.6 cm³/mol. The van der Waals surface area contributed by atoms with Crippen LogP contribution < -0.4 is 0 Å². The third-order valence-electron chi connectivity index (χ3n) is 1.72. The predicted octanol–water partition coefficient (Wildman–Crippen LogP) is 0.334. The van der Waals surface area contributed by atoms with E-state index in [1.165, 1.54) is 0 Å². The summed E-state index contributed by atoms with van der Waals surface area (Å²) >= 11 is 0. The van der Waals surface area contributed by atoms with Crippen LogP contribution in [-0.4, -0.2) is 49.5 Å². The van der Waals surface area contributed by atoms with Crippen molar-refractivity contribution in [3.63, 3.8) is 0 Å². The molecule has 0 aromatic rings. The second kappa shape index (κ2) is 5.52. The van der Waals surface area contributed by atoms with Crippen LogP contribution in [-0.2, 0) is 4.74 Å². The van der Waals surface area contributed by atoms with Gasteiger partial charge in [-0.3, -0.25) is 0 Å². The smallest absolute Gasteiger partial charge is 0.0969 e. The van der Waals surface area contributed by atoms with E-state index in [1.807, 2.05) is 20.9 Å². The summed E-state index contributed by atoms with van der Waals surface area (Å²) in [6, 6.07) is 0. The molecule has 1 fully saturated rings. The van der Waals surface area contributed by atoms with Crippen molar-refractivity contribution in [3.05, 3.63) is 0 Å². The minimum Gasteiger partial charge on any atom is -0.389 e. The van der Waals surface area contributed by atoms with Crippen LogP contribution in [0, 0.1) is 0 Å². The van der Waals surface area contributed by atoms with Crippen LogP contribution in [0.3, 0.4) is 0 Å². The van der Waals surface area contributed by atoms with Gasteiger partial charge in [-0.1, -0.05) is 13.8 Å². The molecular formula is C8H19NO2. The molecule has 1 saturated heterocycles. The summed E-state index contributed by atoms with van der Waals surface area (Å²) < 4.78 is 5.00. The second-order valence-electron chi connectivity index (χ2n) is 2.56. The van der Waals surface area contributed by atoms with Crippen molar-refractivity contribution in [1.82, 2.24) is 4.90 Å². The molecule has 0 aliphatic carbocycles. The molecule has 11 heavy (non-hydrogen) atoms. The van der Waals surface area contributed by atoms with Crippen LogP contribution in [0.5, 0.6) is 0 Å². The van der Waals surface area contributed by atoms with Gasteiger partial charge in [-0.15, -0.1) is 0 Å². The Morgan fingerprint density at radius 3 is 2.09 bits per heavy atom. The summed E-state index contributed by atoms with van der Waals surface area (Å²) in [6.07, 6.45) is -0.269. The van der Waals surface area contributed by atoms with E-state index in [2.05, 4.69) is 4.90 Å². The van der Waals surface area contributed by atoms with Gasteiger partial charge in [-0.05, 0) is 7.05 Å². The van der Waals surface area contributed by atoms with E-state index in [0.29, 0.717) is 0 Å². The maximum atomic E-state index is 9.19. The van der Waals surface area contributed by atoms with Crippen LogP contribution in [0.15, 0.2) is 0 Å². The lowest BCUT2D eigenvalue weighted by molar-refractivity contribution is 0.0215. The normalized spacial score (nSPS) is 31.4. The monoisotopic (exact) mass is 161 g/mol. The largest absolute Gasteiger partial charge is 0.389 e. The molecule has 68 valence electrons. The molecule has 0 amide bonds. The molecule has 1 rings (SSSR count). The van der Waals surface area contributed by atoms with Crippen LogP contribution in [0.25, 0.3) is 0 Å². The number of ether oxygens (including phenoxy) is 1. The highest BCUT2D eigenvalue weighted by Gasteiger charge is 2.28. The van der Waals surface area contributed by atoms with E-state index in [-0.39, 0.29) is 12.2 Å². The third-order valence-corrected chi connectivity index (χ3v) is 1.72. The molecular weight excluding hydrogens is 142 g/mol. The number of nitrogens with zero attached hydrogens (tertiary/aromatic N) is 1. The summed E-state index contributed by atoms with van der Waals surface area (Å²) in [7, 11) is 3.61. The highest BCUT2D eigenvalue weighted by molar-refractivity contribution is 4.81. The topological polar surface area (TPSA) is 32.7 Å². The molecule has 1 heterocycles. The average molecular weight is 161 g/mol. The van der Waals surface area contributed by atoms with Gasteiger partial charge in [0, 0.05) is 20.2 Å². The number of aliphatic hydroxyl groups is 1. The first-order chi connectivity index (χ1) is 5.24. The van der Waals surface area contributed by atoms with E-state index in [1.54, 1.807) is 7.11 Å². The minimum absolute atomic E-state index is 0.0231. The molecule has 0 aromatic carbocycles. The lowest BCUT2D eigenvalue weighted by atomic mass is 10.3. The number of hydrogen-bond acceptors (Lipinski definition) is 3. The number of likely N-dealkylation sites (tertiary alicyclic amines) is 1. The van der Waals surface area contributed by atoms with Crippen LogP contribution in [0.1, 0.15) is 13.8 Å². The Labute approximate surface area is 69.0 Å². The van der Waals surface area contributed by atoms with E-state index < -0.39 is 0 Å². The van der Waals surface area contributed by atoms with Gasteiger partial charge in [-0.2, -0.15) is 0 Å². The van der Waals surface area contributed by atoms with Crippen molar-refractivity contribution in [3.8, 4) is 0 Å². The fourth-order valence-corrected chi connectivity index (χ4v) is 1.17. The molecule has 2 atom stereocenters. The molecule has 0 radical (unpaired) electrons. The molecule has 1 aliphatic rings. The lowest BCUT2D eigenvalue weighted by Crippen LogP contribution is -2.25. The van der Waals surface area contributed by atoms with E-state index in [9.17, 15) is 5.11 Å². The maximum Gasteiger partial charge on any atom is 0.0969 e. The molecule has 0 bridgehead atoms. The summed E-state index contributed by atoms with van der Waals surface area (Å²) in [4.78, 5) is 2.05. The van der Waals surface area contributed by atoms with Crippen molar-refractivity contribution < 1.29 is 9.84 Å². The van der Waals surface area contributed by atoms with E-state index >= 15 is 0 Å². The molecule has 0 aromatic heterocycles. The molecule has 1 aliphatic heterocycles. The highest BCUT2D eigenvalue weighted by Crippen LogP contribution is 2.09. The molecule has 0 spiro atoms. The summed E-state index contributed by atoms with van der Waals surface area (Å²) in [5.74, 6) is 0. The molecule has 3 heteroatoms. The van der Waals surface area contributed by atoms with E-state index in [4.69, 9.17) is 4.74 Å². The van der Waals surface area contributed by atoms with Gasteiger partial charge < -0.3 is 14.7 Å². The molecule has 1 N–H and O–H groups in total. The van der Waals surface area contributed by atoms with Gasteiger partial charge in [0.25, 0.3) is 0 Å². The number of β-amino-alcohol motifs (C(OH)–C–C–N with tert-alkyl or cyclic N) is 1. The van der Waals surface area contributed by atoms with Gasteiger partial charge in [0.2, 0.25) is 0 Å². The van der Waals surface area contributed by atoms with Gasteiger partial charge in [0.15, 0.2) is 0 Å². The number of rotatable bonds is 1. The fourth-order valence-electron chi connectivity index (χ4n) is 1.17. The Hall–Kier alpha value is -0.120. The zero-order valence-corrected chi connectivity index (χ0v) is 7.87. The first-order valence-corrected chi connectivity index (χ1v) is 4.13. The molecule has 3 nitrogen and oxygen atoms in total. The zero-order chi connectivity index (χ0) is 8.85. The molecule has 0 unspecified atom stereocenters. The first kappa shape index (κ1) is 10.9. The standard InChI is InChI=1S/C6H13NO2.C2H6/c1-7-3-5(8)6(4-7)9-2;1-2/h5-6,8H,3-4H2,1-2H3;1-2H3/t5-,6-;/m1./s1. The fraction of sp³-hybridized carbons (Fsp3) is 1.00. The highest BCUT2D eigenvalue weighted by atomic mass is 16.5. The van der Waals surface area contributed by atoms with Crippen LogP contribution in [0.4, 0.5) is 0 Å². The molecule has 0 saturated carbocycles. The van der Waals surface area contributed by atoms with Gasteiger partial charge in [-0.25, -0.2) is 0 Å². The number of aliphatic hydroxyl groups excluding tert-OH is 1. The van der Waals surface area contributed by atoms with Crippen molar-refractivity contribution in [1.29, 1.82) is 0 Å². The zero-order valence-electron chi connectivity index (χ0n) is 7.87. The second-order valence-corrected chi connectivity index (χ2v) is 2.56. The Morgan fingerprint density at radius 2 is 1.91 bits per heavy atom. The van der Waals surface area contributed by atoms with Gasteiger partial charge in [0.05, 0.1) is 12.2 Å². The minimum atomic E-state index is -0.292. The van der Waals surface area contributed by atoms with Crippen molar-refractivity contribution in [2.75, 3.05) is 27.2 Å². The lowest BCUT2D eigenvalue weighted by Gasteiger charge is -2.09. The van der Waals surface area contributed by atoms with Crippen molar-refractivity contribution >= 4 is 0 Å². The van der Waals surface area contributed by atoms with Crippen molar-refractivity contribution in [2.24, 2.45) is 0 Å². The summed E-state index contributed by atoms with van der Waals surface area (Å²) in [5, 5.41) is 9.19. The average Bonchev–Trinajstić information content (AvgIpc) is 2.33. The van der Waals surface area contributed by atoms with Crippen molar-refractivity contribution in [2.45, 2.75) is 26.1 Å². The number of likely N-dealkylation sites (N-methyl/N-ethyl adjacent to an activating group) is 1. The SMILES string of the molecule is CC.CO[C@@H]1CN(C)C[C@H]1O. The van der Waals surface area contributed by atoms with E-state index in [0.717, 1.165) is 13.1 Å². The van der Waals surface area contributed by atoms with Crippen LogP contribution in [0.2, 0.25) is 0 Å². The Balaban J connectivity index is 0.000000461. The number of hydrogen-bond donors (Lipinski definition) is 1.